The van der Waals surface area contributed by atoms with E-state index in [1.165, 1.54) is 16.7 Å². The molecule has 9 heteroatoms. The molecule has 0 spiro atoms. The number of aliphatic hydroxyl groups excluding tert-OH is 1. The van der Waals surface area contributed by atoms with Gasteiger partial charge in [-0.2, -0.15) is 0 Å². The fraction of sp³-hybridized carbons (Fsp3) is 0.714. The van der Waals surface area contributed by atoms with E-state index in [1.54, 1.807) is 13.2 Å². The highest BCUT2D eigenvalue weighted by molar-refractivity contribution is 8.04. The minimum atomic E-state index is -1.12. The Kier molecular flexibility index (Phi) is 4.67. The number of amides is 1. The van der Waals surface area contributed by atoms with Crippen molar-refractivity contribution < 1.29 is 24.4 Å². The first-order chi connectivity index (χ1) is 10.8. The number of nitrogens with zero attached hydrogens (tertiary/aromatic N) is 1. The minimum Gasteiger partial charge on any atom is -0.616 e. The van der Waals surface area contributed by atoms with E-state index in [2.05, 4.69) is 5.32 Å². The van der Waals surface area contributed by atoms with Crippen molar-refractivity contribution in [2.45, 2.75) is 36.0 Å². The van der Waals surface area contributed by atoms with Crippen LogP contribution in [0.1, 0.15) is 13.3 Å². The molecule has 0 saturated carbocycles. The molecule has 0 aromatic carbocycles. The third-order valence-corrected chi connectivity index (χ3v) is 7.68. The number of hydrogen-bond acceptors (Lipinski definition) is 6. The standard InChI is InChI=1S/C14H20N2O5S2/c1-6(17)11-7-3-8(12(14(19)20)16(7)13(11)18)22-9-4-15-5-10(9)23(2)21/h6-7,9-11,15,17H,3-5H2,1-2H3,(H,19,20)/t6?,7-,9?,10?,11?,23?/m1/s1. The highest BCUT2D eigenvalue weighted by atomic mass is 32.2. The van der Waals surface area contributed by atoms with Crippen LogP contribution in [-0.2, 0) is 20.8 Å². The number of hydrogen-bond donors (Lipinski definition) is 3. The molecule has 5 unspecified atom stereocenters. The molecule has 3 aliphatic heterocycles. The number of carbonyl (C=O) groups is 2. The third kappa shape index (κ3) is 2.78. The second-order valence-electron chi connectivity index (χ2n) is 6.17. The predicted molar refractivity (Wildman–Crippen MR) is 87.2 cm³/mol. The molecule has 0 aliphatic carbocycles. The summed E-state index contributed by atoms with van der Waals surface area (Å²) >= 11 is 0.429. The number of aliphatic hydroxyl groups is 1. The molecule has 7 nitrogen and oxygen atoms in total. The van der Waals surface area contributed by atoms with Crippen LogP contribution >= 0.6 is 11.8 Å². The largest absolute Gasteiger partial charge is 0.616 e. The minimum absolute atomic E-state index is 0.0286. The van der Waals surface area contributed by atoms with Gasteiger partial charge in [0.25, 0.3) is 0 Å². The Bertz CT molecular complexity index is 565. The van der Waals surface area contributed by atoms with Crippen LogP contribution in [0.25, 0.3) is 0 Å². The van der Waals surface area contributed by atoms with Crippen molar-refractivity contribution in [1.82, 2.24) is 10.2 Å². The molecule has 2 fully saturated rings. The number of carboxylic acid groups (broad SMARTS) is 1. The number of thioether (sulfide) groups is 1. The molecule has 128 valence electrons. The van der Waals surface area contributed by atoms with Crippen molar-refractivity contribution >= 4 is 34.8 Å². The zero-order valence-corrected chi connectivity index (χ0v) is 14.5. The van der Waals surface area contributed by atoms with Crippen LogP contribution in [0.4, 0.5) is 0 Å². The fourth-order valence-corrected chi connectivity index (χ4v) is 6.49. The van der Waals surface area contributed by atoms with Gasteiger partial charge in [-0.05, 0) is 6.92 Å². The molecule has 3 N–H and O–H groups in total. The van der Waals surface area contributed by atoms with Gasteiger partial charge in [-0.15, -0.1) is 11.8 Å². The molecule has 0 bridgehead atoms. The van der Waals surface area contributed by atoms with E-state index in [4.69, 9.17) is 0 Å². The lowest BCUT2D eigenvalue weighted by Gasteiger charge is -2.44. The van der Waals surface area contributed by atoms with Gasteiger partial charge in [-0.3, -0.25) is 4.79 Å². The Morgan fingerprint density at radius 2 is 2.22 bits per heavy atom. The van der Waals surface area contributed by atoms with Gasteiger partial charge in [0.2, 0.25) is 5.91 Å². The van der Waals surface area contributed by atoms with Gasteiger partial charge in [0, 0.05) is 24.4 Å². The van der Waals surface area contributed by atoms with Gasteiger partial charge in [0.05, 0.1) is 29.6 Å². The zero-order chi connectivity index (χ0) is 16.9. The Morgan fingerprint density at radius 1 is 1.52 bits per heavy atom. The molecule has 1 amide bonds. The highest BCUT2D eigenvalue weighted by Crippen LogP contribution is 2.48. The SMILES string of the molecule is CC(O)C1C(=O)N2C(C(=O)O)=C(SC3CNCC3[S+](C)[O-])C[C@H]12. The van der Waals surface area contributed by atoms with Crippen LogP contribution in [0.5, 0.6) is 0 Å². The van der Waals surface area contributed by atoms with Crippen LogP contribution in [0.15, 0.2) is 10.6 Å². The van der Waals surface area contributed by atoms with Crippen LogP contribution in [0.2, 0.25) is 0 Å². The molecule has 3 heterocycles. The van der Waals surface area contributed by atoms with Gasteiger partial charge >= 0.3 is 5.97 Å². The maximum atomic E-state index is 12.2. The monoisotopic (exact) mass is 360 g/mol. The summed E-state index contributed by atoms with van der Waals surface area (Å²) in [4.78, 5) is 25.7. The molecule has 3 rings (SSSR count). The normalized spacial score (nSPS) is 36.0. The molecule has 2 saturated heterocycles. The van der Waals surface area contributed by atoms with Crippen molar-refractivity contribution in [1.29, 1.82) is 0 Å². The first kappa shape index (κ1) is 17.1. The van der Waals surface area contributed by atoms with Crippen molar-refractivity contribution in [2.24, 2.45) is 5.92 Å². The van der Waals surface area contributed by atoms with E-state index >= 15 is 0 Å². The topological polar surface area (TPSA) is 113 Å². The maximum absolute atomic E-state index is 12.2. The number of aliphatic carboxylic acids is 1. The predicted octanol–water partition coefficient (Wildman–Crippen LogP) is -0.654. The van der Waals surface area contributed by atoms with E-state index in [9.17, 15) is 24.4 Å². The summed E-state index contributed by atoms with van der Waals surface area (Å²) in [5.41, 5.74) is 0.0365. The maximum Gasteiger partial charge on any atom is 0.353 e. The average molecular weight is 360 g/mol. The first-order valence-electron chi connectivity index (χ1n) is 7.50. The number of carboxylic acids is 1. The Labute approximate surface area is 141 Å². The quantitative estimate of drug-likeness (QED) is 0.441. The van der Waals surface area contributed by atoms with Crippen LogP contribution in [0.3, 0.4) is 0 Å². The molecule has 0 radical (unpaired) electrons. The summed E-state index contributed by atoms with van der Waals surface area (Å²) in [5.74, 6) is -1.97. The van der Waals surface area contributed by atoms with Crippen LogP contribution in [-0.4, -0.2) is 73.5 Å². The van der Waals surface area contributed by atoms with Gasteiger partial charge in [0.15, 0.2) is 0 Å². The summed E-state index contributed by atoms with van der Waals surface area (Å²) in [6, 6.07) is -0.268. The molecule has 0 aromatic rings. The van der Waals surface area contributed by atoms with Gasteiger partial charge in [-0.1, -0.05) is 11.2 Å². The van der Waals surface area contributed by atoms with Crippen molar-refractivity contribution in [3.63, 3.8) is 0 Å². The second kappa shape index (κ2) is 6.29. The lowest BCUT2D eigenvalue weighted by Crippen LogP contribution is -2.61. The molecule has 0 aromatic heterocycles. The molecular formula is C14H20N2O5S2. The Balaban J connectivity index is 1.81. The van der Waals surface area contributed by atoms with Crippen molar-refractivity contribution in [3.05, 3.63) is 10.6 Å². The van der Waals surface area contributed by atoms with Gasteiger partial charge in [0.1, 0.15) is 10.9 Å². The van der Waals surface area contributed by atoms with E-state index in [0.29, 0.717) is 24.4 Å². The smallest absolute Gasteiger partial charge is 0.353 e. The first-order valence-corrected chi connectivity index (χ1v) is 10.00. The molecular weight excluding hydrogens is 340 g/mol. The summed E-state index contributed by atoms with van der Waals surface area (Å²) in [6.45, 7) is 2.88. The highest BCUT2D eigenvalue weighted by Gasteiger charge is 2.57. The Hall–Kier alpha value is -0.740. The number of carbonyl (C=O) groups excluding carboxylic acids is 1. The summed E-state index contributed by atoms with van der Waals surface area (Å²) < 4.78 is 11.8. The molecule has 6 atom stereocenters. The number of rotatable bonds is 5. The summed E-state index contributed by atoms with van der Waals surface area (Å²) in [5, 5.41) is 22.4. The summed E-state index contributed by atoms with van der Waals surface area (Å²) in [6.07, 6.45) is 1.33. The molecule has 3 aliphatic rings. The molecule has 23 heavy (non-hydrogen) atoms. The van der Waals surface area contributed by atoms with Crippen LogP contribution < -0.4 is 5.32 Å². The lowest BCUT2D eigenvalue weighted by molar-refractivity contribution is -0.161. The number of fused-ring (bicyclic) bond motifs is 1. The van der Waals surface area contributed by atoms with Crippen LogP contribution in [0, 0.1) is 5.92 Å². The van der Waals surface area contributed by atoms with E-state index in [1.807, 2.05) is 0 Å². The van der Waals surface area contributed by atoms with E-state index < -0.39 is 29.2 Å². The van der Waals surface area contributed by atoms with Crippen molar-refractivity contribution in [2.75, 3.05) is 19.3 Å². The van der Waals surface area contributed by atoms with E-state index in [0.717, 1.165) is 0 Å². The number of nitrogens with one attached hydrogen (secondary N) is 1. The van der Waals surface area contributed by atoms with Crippen molar-refractivity contribution in [3.8, 4) is 0 Å². The Morgan fingerprint density at radius 3 is 2.78 bits per heavy atom. The number of β-lactam (4-membered cyclic amide) rings is 1. The zero-order valence-electron chi connectivity index (χ0n) is 12.9. The van der Waals surface area contributed by atoms with Gasteiger partial charge < -0.3 is 25.0 Å². The van der Waals surface area contributed by atoms with Gasteiger partial charge in [-0.25, -0.2) is 4.79 Å². The van der Waals surface area contributed by atoms with E-state index in [-0.39, 0.29) is 28.1 Å². The fourth-order valence-electron chi connectivity index (χ4n) is 3.60. The third-order valence-electron chi connectivity index (χ3n) is 4.72. The second-order valence-corrected chi connectivity index (χ2v) is 9.11. The summed E-state index contributed by atoms with van der Waals surface area (Å²) in [7, 11) is 0. The lowest BCUT2D eigenvalue weighted by atomic mass is 9.83. The average Bonchev–Trinajstić information content (AvgIpc) is 3.01.